The van der Waals surface area contributed by atoms with E-state index >= 15 is 0 Å². The van der Waals surface area contributed by atoms with Crippen LogP contribution in [-0.2, 0) is 13.0 Å². The smallest absolute Gasteiger partial charge is 0.272 e. The monoisotopic (exact) mass is 365 g/mol. The summed E-state index contributed by atoms with van der Waals surface area (Å²) in [6.45, 7) is 4.23. The van der Waals surface area contributed by atoms with E-state index in [2.05, 4.69) is 25.3 Å². The summed E-state index contributed by atoms with van der Waals surface area (Å²) in [7, 11) is 0. The Hall–Kier alpha value is -3.03. The molecule has 1 aliphatic rings. The first-order valence-corrected chi connectivity index (χ1v) is 9.37. The van der Waals surface area contributed by atoms with E-state index in [1.807, 2.05) is 24.0 Å². The van der Waals surface area contributed by atoms with Gasteiger partial charge in [-0.05, 0) is 43.9 Å². The van der Waals surface area contributed by atoms with Gasteiger partial charge >= 0.3 is 0 Å². The van der Waals surface area contributed by atoms with Crippen LogP contribution in [0.25, 0.3) is 11.4 Å². The van der Waals surface area contributed by atoms with E-state index in [-0.39, 0.29) is 5.91 Å². The maximum Gasteiger partial charge on any atom is 0.272 e. The quantitative estimate of drug-likeness (QED) is 0.748. The van der Waals surface area contributed by atoms with E-state index in [1.54, 1.807) is 29.3 Å². The fourth-order valence-electron chi connectivity index (χ4n) is 3.56. The number of hydrogen-bond donors (Lipinski definition) is 1. The van der Waals surface area contributed by atoms with Gasteiger partial charge in [0.05, 0.1) is 0 Å². The SMILES string of the molecule is CCn1nccc1C(=O)N1CCC(Cc2nc(-c3ccncc3)n[nH]2)CC1. The molecular formula is C19H23N7O. The molecule has 8 nitrogen and oxygen atoms in total. The number of hydrogen-bond acceptors (Lipinski definition) is 5. The molecule has 1 aliphatic heterocycles. The Morgan fingerprint density at radius 1 is 1.19 bits per heavy atom. The van der Waals surface area contributed by atoms with Crippen molar-refractivity contribution in [3.63, 3.8) is 0 Å². The van der Waals surface area contributed by atoms with Gasteiger partial charge in [-0.2, -0.15) is 10.2 Å². The molecule has 3 aromatic heterocycles. The van der Waals surface area contributed by atoms with Crippen LogP contribution in [0.2, 0.25) is 0 Å². The van der Waals surface area contributed by atoms with Crippen molar-refractivity contribution in [1.82, 2.24) is 34.8 Å². The summed E-state index contributed by atoms with van der Waals surface area (Å²) in [4.78, 5) is 23.3. The largest absolute Gasteiger partial charge is 0.337 e. The molecule has 0 atom stereocenters. The Morgan fingerprint density at radius 3 is 2.70 bits per heavy atom. The number of rotatable bonds is 5. The average Bonchev–Trinajstić information content (AvgIpc) is 3.38. The summed E-state index contributed by atoms with van der Waals surface area (Å²) < 4.78 is 1.75. The van der Waals surface area contributed by atoms with Gasteiger partial charge in [0.2, 0.25) is 0 Å². The summed E-state index contributed by atoms with van der Waals surface area (Å²) in [6, 6.07) is 5.60. The third kappa shape index (κ3) is 3.74. The molecule has 4 rings (SSSR count). The fourth-order valence-corrected chi connectivity index (χ4v) is 3.56. The van der Waals surface area contributed by atoms with Crippen molar-refractivity contribution in [3.05, 3.63) is 48.3 Å². The molecule has 0 saturated carbocycles. The predicted octanol–water partition coefficient (Wildman–Crippen LogP) is 2.18. The maximum absolute atomic E-state index is 12.7. The molecule has 4 heterocycles. The summed E-state index contributed by atoms with van der Waals surface area (Å²) in [5.41, 5.74) is 1.63. The highest BCUT2D eigenvalue weighted by molar-refractivity contribution is 5.92. The second-order valence-corrected chi connectivity index (χ2v) is 6.81. The summed E-state index contributed by atoms with van der Waals surface area (Å²) in [5, 5.41) is 11.6. The number of amides is 1. The number of carbonyl (C=O) groups excluding carboxylic acids is 1. The molecule has 3 aromatic rings. The first-order valence-electron chi connectivity index (χ1n) is 9.37. The zero-order chi connectivity index (χ0) is 18.6. The normalized spacial score (nSPS) is 15.2. The molecule has 8 heteroatoms. The number of likely N-dealkylation sites (tertiary alicyclic amines) is 1. The van der Waals surface area contributed by atoms with Crippen LogP contribution in [0.15, 0.2) is 36.8 Å². The number of piperidine rings is 1. The van der Waals surface area contributed by atoms with E-state index in [9.17, 15) is 4.79 Å². The molecule has 1 N–H and O–H groups in total. The van der Waals surface area contributed by atoms with Gasteiger partial charge < -0.3 is 4.90 Å². The van der Waals surface area contributed by atoms with E-state index in [1.165, 1.54) is 0 Å². The Bertz CT molecular complexity index is 894. The van der Waals surface area contributed by atoms with Gasteiger partial charge in [-0.15, -0.1) is 0 Å². The first-order chi connectivity index (χ1) is 13.2. The number of aryl methyl sites for hydroxylation is 1. The first kappa shape index (κ1) is 17.4. The third-order valence-electron chi connectivity index (χ3n) is 5.09. The summed E-state index contributed by atoms with van der Waals surface area (Å²) in [5.74, 6) is 2.18. The van der Waals surface area contributed by atoms with Crippen molar-refractivity contribution >= 4 is 5.91 Å². The van der Waals surface area contributed by atoms with Crippen LogP contribution in [0.3, 0.4) is 0 Å². The van der Waals surface area contributed by atoms with Crippen molar-refractivity contribution in [2.24, 2.45) is 5.92 Å². The standard InChI is InChI=1S/C19H23N7O/c1-2-26-16(5-10-21-26)19(27)25-11-6-14(7-12-25)13-17-22-18(24-23-17)15-3-8-20-9-4-15/h3-5,8-10,14H,2,6-7,11-13H2,1H3,(H,22,23,24). The second-order valence-electron chi connectivity index (χ2n) is 6.81. The summed E-state index contributed by atoms with van der Waals surface area (Å²) in [6.07, 6.45) is 7.96. The van der Waals surface area contributed by atoms with Crippen LogP contribution in [-0.4, -0.2) is 53.8 Å². The molecule has 1 amide bonds. The van der Waals surface area contributed by atoms with Crippen molar-refractivity contribution in [2.75, 3.05) is 13.1 Å². The number of nitrogens with one attached hydrogen (secondary N) is 1. The molecule has 0 aliphatic carbocycles. The molecule has 140 valence electrons. The Kier molecular flexibility index (Phi) is 4.95. The van der Waals surface area contributed by atoms with Gasteiger partial charge in [-0.1, -0.05) is 0 Å². The lowest BCUT2D eigenvalue weighted by atomic mass is 9.93. The number of carbonyl (C=O) groups is 1. The van der Waals surface area contributed by atoms with Crippen molar-refractivity contribution < 1.29 is 4.79 Å². The molecule has 0 unspecified atom stereocenters. The van der Waals surface area contributed by atoms with Crippen molar-refractivity contribution in [1.29, 1.82) is 0 Å². The highest BCUT2D eigenvalue weighted by Crippen LogP contribution is 2.23. The zero-order valence-corrected chi connectivity index (χ0v) is 15.4. The van der Waals surface area contributed by atoms with Gasteiger partial charge in [0.15, 0.2) is 5.82 Å². The van der Waals surface area contributed by atoms with Crippen LogP contribution in [0.4, 0.5) is 0 Å². The van der Waals surface area contributed by atoms with E-state index in [4.69, 9.17) is 0 Å². The Morgan fingerprint density at radius 2 is 1.96 bits per heavy atom. The molecule has 1 saturated heterocycles. The Labute approximate surface area is 157 Å². The molecule has 0 radical (unpaired) electrons. The highest BCUT2D eigenvalue weighted by atomic mass is 16.2. The van der Waals surface area contributed by atoms with Gasteiger partial charge in [0.1, 0.15) is 11.5 Å². The highest BCUT2D eigenvalue weighted by Gasteiger charge is 2.26. The van der Waals surface area contributed by atoms with Crippen LogP contribution < -0.4 is 0 Å². The number of H-pyrrole nitrogens is 1. The Balaban J connectivity index is 1.34. The fraction of sp³-hybridized carbons (Fsp3) is 0.421. The van der Waals surface area contributed by atoms with Crippen LogP contribution in [0, 0.1) is 5.92 Å². The van der Waals surface area contributed by atoms with Crippen LogP contribution in [0.5, 0.6) is 0 Å². The third-order valence-corrected chi connectivity index (χ3v) is 5.09. The van der Waals surface area contributed by atoms with Gasteiger partial charge in [-0.3, -0.25) is 19.6 Å². The predicted molar refractivity (Wildman–Crippen MR) is 99.8 cm³/mol. The topological polar surface area (TPSA) is 92.6 Å². The second kappa shape index (κ2) is 7.69. The van der Waals surface area contributed by atoms with E-state index in [0.29, 0.717) is 24.0 Å². The van der Waals surface area contributed by atoms with Crippen molar-refractivity contribution in [3.8, 4) is 11.4 Å². The van der Waals surface area contributed by atoms with Gasteiger partial charge in [0.25, 0.3) is 5.91 Å². The molecule has 1 fully saturated rings. The minimum atomic E-state index is 0.0763. The average molecular weight is 365 g/mol. The van der Waals surface area contributed by atoms with E-state index < -0.39 is 0 Å². The number of aromatic nitrogens is 6. The molecule has 0 aromatic carbocycles. The van der Waals surface area contributed by atoms with Gasteiger partial charge in [-0.25, -0.2) is 4.98 Å². The minimum absolute atomic E-state index is 0.0763. The van der Waals surface area contributed by atoms with Gasteiger partial charge in [0, 0.05) is 50.2 Å². The minimum Gasteiger partial charge on any atom is -0.337 e. The van der Waals surface area contributed by atoms with Crippen molar-refractivity contribution in [2.45, 2.75) is 32.7 Å². The number of pyridine rings is 1. The summed E-state index contributed by atoms with van der Waals surface area (Å²) >= 11 is 0. The maximum atomic E-state index is 12.7. The number of nitrogens with zero attached hydrogens (tertiary/aromatic N) is 6. The number of aromatic amines is 1. The molecule has 27 heavy (non-hydrogen) atoms. The lowest BCUT2D eigenvalue weighted by Crippen LogP contribution is -2.39. The van der Waals surface area contributed by atoms with E-state index in [0.717, 1.165) is 43.7 Å². The molecule has 0 spiro atoms. The molecular weight excluding hydrogens is 342 g/mol. The zero-order valence-electron chi connectivity index (χ0n) is 15.4. The van der Waals surface area contributed by atoms with Crippen LogP contribution >= 0.6 is 0 Å². The lowest BCUT2D eigenvalue weighted by molar-refractivity contribution is 0.0677. The lowest BCUT2D eigenvalue weighted by Gasteiger charge is -2.31. The van der Waals surface area contributed by atoms with Crippen LogP contribution in [0.1, 0.15) is 36.1 Å². The molecule has 0 bridgehead atoms.